The molecule has 0 saturated carbocycles. The van der Waals surface area contributed by atoms with Crippen LogP contribution in [0.2, 0.25) is 0 Å². The average Bonchev–Trinajstić information content (AvgIpc) is 2.38. The van der Waals surface area contributed by atoms with E-state index in [0.29, 0.717) is 11.9 Å². The molecule has 1 aromatic rings. The summed E-state index contributed by atoms with van der Waals surface area (Å²) in [6, 6.07) is 2.24. The number of nitrogens with one attached hydrogen (secondary N) is 1. The quantitative estimate of drug-likeness (QED) is 0.570. The summed E-state index contributed by atoms with van der Waals surface area (Å²) < 4.78 is 5.46. The Bertz CT molecular complexity index is 346. The van der Waals surface area contributed by atoms with Crippen LogP contribution in [0, 0.1) is 0 Å². The van der Waals surface area contributed by atoms with Crippen LogP contribution in [0.4, 0.5) is 11.6 Å². The summed E-state index contributed by atoms with van der Waals surface area (Å²) in [5, 5.41) is 0. The molecule has 0 spiro atoms. The maximum absolute atomic E-state index is 5.46. The van der Waals surface area contributed by atoms with Crippen molar-refractivity contribution in [2.45, 2.75) is 19.4 Å². The zero-order chi connectivity index (χ0) is 11.4. The van der Waals surface area contributed by atoms with E-state index in [0.717, 1.165) is 32.0 Å². The molecule has 88 valence electrons. The SMILES string of the molecule is CCC1COCCN1c1cc(NN)ncn1. The molecule has 1 saturated heterocycles. The lowest BCUT2D eigenvalue weighted by molar-refractivity contribution is 0.0925. The normalized spacial score (nSPS) is 20.9. The van der Waals surface area contributed by atoms with Gasteiger partial charge >= 0.3 is 0 Å². The molecule has 16 heavy (non-hydrogen) atoms. The van der Waals surface area contributed by atoms with E-state index in [1.807, 2.05) is 6.07 Å². The number of morpholine rings is 1. The van der Waals surface area contributed by atoms with E-state index in [9.17, 15) is 0 Å². The maximum atomic E-state index is 5.46. The van der Waals surface area contributed by atoms with E-state index < -0.39 is 0 Å². The van der Waals surface area contributed by atoms with Gasteiger partial charge in [-0.15, -0.1) is 0 Å². The molecule has 3 N–H and O–H groups in total. The first-order chi connectivity index (χ1) is 7.85. The molecule has 1 aromatic heterocycles. The number of nitrogens with zero attached hydrogens (tertiary/aromatic N) is 3. The molecule has 6 heteroatoms. The van der Waals surface area contributed by atoms with Gasteiger partial charge in [-0.25, -0.2) is 15.8 Å². The molecule has 1 fully saturated rings. The minimum atomic E-state index is 0.384. The van der Waals surface area contributed by atoms with Crippen molar-refractivity contribution in [3.63, 3.8) is 0 Å². The molecule has 0 aliphatic carbocycles. The summed E-state index contributed by atoms with van der Waals surface area (Å²) >= 11 is 0. The highest BCUT2D eigenvalue weighted by atomic mass is 16.5. The van der Waals surface area contributed by atoms with Crippen LogP contribution in [0.5, 0.6) is 0 Å². The fourth-order valence-corrected chi connectivity index (χ4v) is 1.88. The first kappa shape index (κ1) is 11.1. The Morgan fingerprint density at radius 1 is 1.62 bits per heavy atom. The minimum Gasteiger partial charge on any atom is -0.377 e. The molecule has 0 radical (unpaired) electrons. The van der Waals surface area contributed by atoms with Crippen molar-refractivity contribution in [1.29, 1.82) is 0 Å². The number of hydrogen-bond donors (Lipinski definition) is 2. The predicted molar refractivity (Wildman–Crippen MR) is 62.1 cm³/mol. The van der Waals surface area contributed by atoms with E-state index in [1.165, 1.54) is 6.33 Å². The largest absolute Gasteiger partial charge is 0.377 e. The predicted octanol–water partition coefficient (Wildman–Crippen LogP) is 0.377. The van der Waals surface area contributed by atoms with Crippen molar-refractivity contribution in [3.8, 4) is 0 Å². The maximum Gasteiger partial charge on any atom is 0.145 e. The van der Waals surface area contributed by atoms with E-state index >= 15 is 0 Å². The fourth-order valence-electron chi connectivity index (χ4n) is 1.88. The van der Waals surface area contributed by atoms with Crippen molar-refractivity contribution in [1.82, 2.24) is 9.97 Å². The lowest BCUT2D eigenvalue weighted by Crippen LogP contribution is -2.45. The van der Waals surface area contributed by atoms with Crippen LogP contribution in [-0.4, -0.2) is 35.8 Å². The zero-order valence-corrected chi connectivity index (χ0v) is 9.39. The monoisotopic (exact) mass is 223 g/mol. The first-order valence-electron chi connectivity index (χ1n) is 5.48. The van der Waals surface area contributed by atoms with Crippen LogP contribution in [0.15, 0.2) is 12.4 Å². The molecular formula is C10H17N5O. The third kappa shape index (κ3) is 2.23. The highest BCUT2D eigenvalue weighted by Gasteiger charge is 2.22. The lowest BCUT2D eigenvalue weighted by Gasteiger charge is -2.35. The highest BCUT2D eigenvalue weighted by Crippen LogP contribution is 2.20. The van der Waals surface area contributed by atoms with Crippen LogP contribution in [0.25, 0.3) is 0 Å². The van der Waals surface area contributed by atoms with Gasteiger partial charge in [-0.05, 0) is 6.42 Å². The number of ether oxygens (including phenoxy) is 1. The highest BCUT2D eigenvalue weighted by molar-refractivity contribution is 5.48. The van der Waals surface area contributed by atoms with Crippen LogP contribution in [0.1, 0.15) is 13.3 Å². The molecule has 0 bridgehead atoms. The number of hydrogen-bond acceptors (Lipinski definition) is 6. The summed E-state index contributed by atoms with van der Waals surface area (Å²) in [6.45, 7) is 4.51. The molecule has 1 atom stereocenters. The Morgan fingerprint density at radius 2 is 2.50 bits per heavy atom. The third-order valence-corrected chi connectivity index (χ3v) is 2.79. The van der Waals surface area contributed by atoms with Gasteiger partial charge in [-0.2, -0.15) is 0 Å². The second-order valence-electron chi connectivity index (χ2n) is 3.74. The summed E-state index contributed by atoms with van der Waals surface area (Å²) in [6.07, 6.45) is 2.56. The molecule has 1 aliphatic heterocycles. The summed E-state index contributed by atoms with van der Waals surface area (Å²) in [4.78, 5) is 10.5. The second-order valence-corrected chi connectivity index (χ2v) is 3.74. The molecule has 6 nitrogen and oxygen atoms in total. The van der Waals surface area contributed by atoms with Crippen LogP contribution < -0.4 is 16.2 Å². The topological polar surface area (TPSA) is 76.3 Å². The molecule has 1 aliphatic rings. The van der Waals surface area contributed by atoms with E-state index in [4.69, 9.17) is 10.6 Å². The van der Waals surface area contributed by atoms with Crippen molar-refractivity contribution in [2.24, 2.45) is 5.84 Å². The van der Waals surface area contributed by atoms with Gasteiger partial charge in [0.05, 0.1) is 19.3 Å². The smallest absolute Gasteiger partial charge is 0.145 e. The van der Waals surface area contributed by atoms with E-state index in [-0.39, 0.29) is 0 Å². The van der Waals surface area contributed by atoms with Gasteiger partial charge in [0.2, 0.25) is 0 Å². The number of hydrazine groups is 1. The number of nitrogens with two attached hydrogens (primary N) is 1. The second kappa shape index (κ2) is 5.09. The molecule has 0 amide bonds. The number of nitrogen functional groups attached to an aromatic ring is 1. The molecule has 2 rings (SSSR count). The Balaban J connectivity index is 2.20. The van der Waals surface area contributed by atoms with Crippen LogP contribution in [-0.2, 0) is 4.74 Å². The Morgan fingerprint density at radius 3 is 3.25 bits per heavy atom. The molecule has 2 heterocycles. The van der Waals surface area contributed by atoms with E-state index in [2.05, 4.69) is 27.2 Å². The molecular weight excluding hydrogens is 206 g/mol. The van der Waals surface area contributed by atoms with Gasteiger partial charge < -0.3 is 15.1 Å². The van der Waals surface area contributed by atoms with Crippen LogP contribution >= 0.6 is 0 Å². The third-order valence-electron chi connectivity index (χ3n) is 2.79. The Kier molecular flexibility index (Phi) is 3.53. The van der Waals surface area contributed by atoms with Crippen molar-refractivity contribution in [3.05, 3.63) is 12.4 Å². The van der Waals surface area contributed by atoms with Gasteiger partial charge in [0.25, 0.3) is 0 Å². The van der Waals surface area contributed by atoms with Crippen molar-refractivity contribution in [2.75, 3.05) is 30.1 Å². The van der Waals surface area contributed by atoms with Crippen molar-refractivity contribution >= 4 is 11.6 Å². The molecule has 1 unspecified atom stereocenters. The van der Waals surface area contributed by atoms with Gasteiger partial charge in [0.15, 0.2) is 0 Å². The molecule has 0 aromatic carbocycles. The number of rotatable bonds is 3. The van der Waals surface area contributed by atoms with E-state index in [1.54, 1.807) is 0 Å². The van der Waals surface area contributed by atoms with Crippen LogP contribution in [0.3, 0.4) is 0 Å². The van der Waals surface area contributed by atoms with Gasteiger partial charge in [0, 0.05) is 12.6 Å². The number of aromatic nitrogens is 2. The first-order valence-corrected chi connectivity index (χ1v) is 5.48. The Hall–Kier alpha value is -1.40. The van der Waals surface area contributed by atoms with Crippen molar-refractivity contribution < 1.29 is 4.74 Å². The minimum absolute atomic E-state index is 0.384. The van der Waals surface area contributed by atoms with Gasteiger partial charge in [0.1, 0.15) is 18.0 Å². The Labute approximate surface area is 94.8 Å². The summed E-state index contributed by atoms with van der Waals surface area (Å²) in [7, 11) is 0. The summed E-state index contributed by atoms with van der Waals surface area (Å²) in [5.41, 5.74) is 2.53. The van der Waals surface area contributed by atoms with Gasteiger partial charge in [-0.3, -0.25) is 0 Å². The standard InChI is InChI=1S/C10H17N5O/c1-2-8-6-16-4-3-15(8)10-5-9(14-11)12-7-13-10/h5,7-8H,2-4,6,11H2,1H3,(H,12,13,14). The zero-order valence-electron chi connectivity index (χ0n) is 9.39. The fraction of sp³-hybridized carbons (Fsp3) is 0.600. The summed E-state index contributed by atoms with van der Waals surface area (Å²) in [5.74, 6) is 6.86. The average molecular weight is 223 g/mol. The lowest BCUT2D eigenvalue weighted by atomic mass is 10.2. The van der Waals surface area contributed by atoms with Gasteiger partial charge in [-0.1, -0.05) is 6.92 Å². The number of anilines is 2.